The van der Waals surface area contributed by atoms with Crippen LogP contribution in [0.25, 0.3) is 0 Å². The Morgan fingerprint density at radius 3 is 2.29 bits per heavy atom. The molecule has 152 valence electrons. The summed E-state index contributed by atoms with van der Waals surface area (Å²) in [4.78, 5) is 42.4. The van der Waals surface area contributed by atoms with Crippen LogP contribution in [0.2, 0.25) is 0 Å². The van der Waals surface area contributed by atoms with E-state index in [9.17, 15) is 14.4 Å². The maximum atomic E-state index is 13.1. The van der Waals surface area contributed by atoms with Crippen molar-refractivity contribution in [3.05, 3.63) is 29.8 Å². The van der Waals surface area contributed by atoms with E-state index in [-0.39, 0.29) is 18.4 Å². The zero-order chi connectivity index (χ0) is 20.6. The van der Waals surface area contributed by atoms with E-state index in [0.717, 1.165) is 11.3 Å². The summed E-state index contributed by atoms with van der Waals surface area (Å²) in [5.74, 6) is -2.32. The third-order valence-corrected chi connectivity index (χ3v) is 6.03. The van der Waals surface area contributed by atoms with E-state index in [1.807, 2.05) is 50.2 Å². The topological polar surface area (TPSA) is 79.0 Å². The van der Waals surface area contributed by atoms with Crippen LogP contribution in [0.3, 0.4) is 0 Å². The summed E-state index contributed by atoms with van der Waals surface area (Å²) in [6, 6.07) is 7.43. The first-order valence-corrected chi connectivity index (χ1v) is 9.89. The molecular weight excluding hydrogens is 358 g/mol. The van der Waals surface area contributed by atoms with E-state index in [2.05, 4.69) is 5.32 Å². The Labute approximate surface area is 166 Å². The first-order chi connectivity index (χ1) is 13.3. The molecule has 7 heteroatoms. The summed E-state index contributed by atoms with van der Waals surface area (Å²) >= 11 is 0. The molecule has 0 saturated carbocycles. The maximum absolute atomic E-state index is 13.1. The van der Waals surface area contributed by atoms with Gasteiger partial charge in [0, 0.05) is 32.4 Å². The molecule has 4 atom stereocenters. The third-order valence-electron chi connectivity index (χ3n) is 6.03. The molecule has 0 radical (unpaired) electrons. The van der Waals surface area contributed by atoms with Crippen molar-refractivity contribution < 1.29 is 19.1 Å². The van der Waals surface area contributed by atoms with Gasteiger partial charge in [0.05, 0.1) is 18.4 Å². The van der Waals surface area contributed by atoms with Crippen LogP contribution >= 0.6 is 0 Å². The van der Waals surface area contributed by atoms with Gasteiger partial charge in [0.25, 0.3) is 0 Å². The van der Waals surface area contributed by atoms with Crippen molar-refractivity contribution in [2.24, 2.45) is 11.8 Å². The predicted octanol–water partition coefficient (Wildman–Crippen LogP) is 1.73. The van der Waals surface area contributed by atoms with Crippen LogP contribution in [0.4, 0.5) is 5.69 Å². The van der Waals surface area contributed by atoms with Crippen LogP contribution in [-0.4, -0.2) is 55.5 Å². The minimum Gasteiger partial charge on any atom is -0.465 e. The normalized spacial score (nSPS) is 29.2. The lowest BCUT2D eigenvalue weighted by Gasteiger charge is -2.31. The molecular formula is C21H29N3O4. The number of fused-ring (bicyclic) bond motifs is 1. The fourth-order valence-electron chi connectivity index (χ4n) is 4.56. The molecule has 2 amide bonds. The van der Waals surface area contributed by atoms with Gasteiger partial charge in [-0.15, -0.1) is 0 Å². The first kappa shape index (κ1) is 20.3. The lowest BCUT2D eigenvalue weighted by molar-refractivity contribution is -0.156. The average molecular weight is 387 g/mol. The number of imide groups is 1. The second kappa shape index (κ2) is 7.54. The molecule has 3 rings (SSSR count). The number of nitrogens with zero attached hydrogens (tertiary/aromatic N) is 2. The number of hydrogen-bond acceptors (Lipinski definition) is 6. The van der Waals surface area contributed by atoms with E-state index in [1.165, 1.54) is 4.90 Å². The van der Waals surface area contributed by atoms with Crippen molar-refractivity contribution in [3.8, 4) is 0 Å². The first-order valence-electron chi connectivity index (χ1n) is 9.89. The fraction of sp³-hybridized carbons (Fsp3) is 0.571. The second-order valence-corrected chi connectivity index (χ2v) is 7.58. The van der Waals surface area contributed by atoms with Crippen molar-refractivity contribution in [3.63, 3.8) is 0 Å². The lowest BCUT2D eigenvalue weighted by atomic mass is 9.78. The molecule has 0 spiro atoms. The molecule has 0 bridgehead atoms. The highest BCUT2D eigenvalue weighted by Gasteiger charge is 2.67. The highest BCUT2D eigenvalue weighted by Crippen LogP contribution is 2.50. The van der Waals surface area contributed by atoms with Crippen molar-refractivity contribution >= 4 is 23.5 Å². The number of carbonyl (C=O) groups is 3. The molecule has 0 unspecified atom stereocenters. The molecule has 1 aromatic carbocycles. The summed E-state index contributed by atoms with van der Waals surface area (Å²) < 4.78 is 5.33. The molecule has 1 aromatic rings. The van der Waals surface area contributed by atoms with Gasteiger partial charge >= 0.3 is 5.97 Å². The molecule has 28 heavy (non-hydrogen) atoms. The maximum Gasteiger partial charge on any atom is 0.327 e. The molecule has 2 aliphatic heterocycles. The minimum absolute atomic E-state index is 0.216. The molecule has 2 saturated heterocycles. The summed E-state index contributed by atoms with van der Waals surface area (Å²) in [6.45, 7) is 5.90. The number of hydrogen-bond donors (Lipinski definition) is 1. The van der Waals surface area contributed by atoms with Crippen molar-refractivity contribution in [1.82, 2.24) is 10.2 Å². The standard InChI is InChI=1S/C21H29N3O4/c1-6-21(20(27)28-8-3)16-15(18(25)24(7-2)19(16)26)17(22-21)13-9-11-14(12-10-13)23(4)5/h9-12,15-17,22H,6-8H2,1-5H3/t15-,16+,17-,21-/m0/s1. The number of amides is 2. The smallest absolute Gasteiger partial charge is 0.327 e. The van der Waals surface area contributed by atoms with Crippen LogP contribution < -0.4 is 10.2 Å². The minimum atomic E-state index is -1.19. The van der Waals surface area contributed by atoms with Crippen LogP contribution in [0.1, 0.15) is 38.8 Å². The number of likely N-dealkylation sites (tertiary alicyclic amines) is 1. The zero-order valence-electron chi connectivity index (χ0n) is 17.2. The Bertz CT molecular complexity index is 776. The van der Waals surface area contributed by atoms with Crippen LogP contribution in [0.5, 0.6) is 0 Å². The Balaban J connectivity index is 2.08. The number of anilines is 1. The number of esters is 1. The van der Waals surface area contributed by atoms with Crippen molar-refractivity contribution in [1.29, 1.82) is 0 Å². The monoisotopic (exact) mass is 387 g/mol. The van der Waals surface area contributed by atoms with Gasteiger partial charge in [0.2, 0.25) is 11.8 Å². The van der Waals surface area contributed by atoms with Crippen molar-refractivity contribution in [2.45, 2.75) is 38.8 Å². The van der Waals surface area contributed by atoms with E-state index in [1.54, 1.807) is 13.8 Å². The molecule has 1 N–H and O–H groups in total. The zero-order valence-corrected chi connectivity index (χ0v) is 17.2. The Kier molecular flexibility index (Phi) is 5.48. The van der Waals surface area contributed by atoms with E-state index >= 15 is 0 Å². The van der Waals surface area contributed by atoms with Gasteiger partial charge in [-0.2, -0.15) is 0 Å². The molecule has 7 nitrogen and oxygen atoms in total. The number of benzene rings is 1. The van der Waals surface area contributed by atoms with E-state index < -0.39 is 29.4 Å². The van der Waals surface area contributed by atoms with E-state index in [4.69, 9.17) is 4.74 Å². The number of rotatable bonds is 6. The van der Waals surface area contributed by atoms with Gasteiger partial charge < -0.3 is 9.64 Å². The summed E-state index contributed by atoms with van der Waals surface area (Å²) in [5.41, 5.74) is 0.733. The predicted molar refractivity (Wildman–Crippen MR) is 106 cm³/mol. The van der Waals surface area contributed by atoms with E-state index in [0.29, 0.717) is 13.0 Å². The molecule has 0 aromatic heterocycles. The second-order valence-electron chi connectivity index (χ2n) is 7.58. The lowest BCUT2D eigenvalue weighted by Crippen LogP contribution is -2.56. The van der Waals surface area contributed by atoms with Gasteiger partial charge in [0.15, 0.2) is 0 Å². The van der Waals surface area contributed by atoms with Gasteiger partial charge in [-0.05, 0) is 38.0 Å². The Morgan fingerprint density at radius 1 is 1.14 bits per heavy atom. The number of nitrogens with one attached hydrogen (secondary N) is 1. The summed E-state index contributed by atoms with van der Waals surface area (Å²) in [7, 11) is 3.92. The highest BCUT2D eigenvalue weighted by atomic mass is 16.5. The summed E-state index contributed by atoms with van der Waals surface area (Å²) in [5, 5.41) is 3.35. The SMILES string of the molecule is CCOC(=O)[C@@]1(CC)N[C@@H](c2ccc(N(C)C)cc2)[C@H]2C(=O)N(CC)C(=O)[C@@H]21. The third kappa shape index (κ3) is 2.89. The largest absolute Gasteiger partial charge is 0.465 e. The number of carbonyl (C=O) groups excluding carboxylic acids is 3. The van der Waals surface area contributed by atoms with Crippen LogP contribution in [-0.2, 0) is 19.1 Å². The molecule has 2 fully saturated rings. The Morgan fingerprint density at radius 2 is 1.79 bits per heavy atom. The Hall–Kier alpha value is -2.41. The average Bonchev–Trinajstić information content (AvgIpc) is 3.16. The quantitative estimate of drug-likeness (QED) is 0.592. The van der Waals surface area contributed by atoms with Gasteiger partial charge in [-0.25, -0.2) is 0 Å². The van der Waals surface area contributed by atoms with Crippen LogP contribution in [0, 0.1) is 11.8 Å². The molecule has 2 aliphatic rings. The molecule has 2 heterocycles. The van der Waals surface area contributed by atoms with Gasteiger partial charge in [-0.3, -0.25) is 24.6 Å². The molecule has 0 aliphatic carbocycles. The van der Waals surface area contributed by atoms with Gasteiger partial charge in [0.1, 0.15) is 5.54 Å². The van der Waals surface area contributed by atoms with Crippen LogP contribution in [0.15, 0.2) is 24.3 Å². The van der Waals surface area contributed by atoms with Crippen molar-refractivity contribution in [2.75, 3.05) is 32.1 Å². The number of ether oxygens (including phenoxy) is 1. The fourth-order valence-corrected chi connectivity index (χ4v) is 4.56. The summed E-state index contributed by atoms with van der Waals surface area (Å²) in [6.07, 6.45) is 0.371. The highest BCUT2D eigenvalue weighted by molar-refractivity contribution is 6.09. The van der Waals surface area contributed by atoms with Gasteiger partial charge in [-0.1, -0.05) is 19.1 Å².